The Morgan fingerprint density at radius 1 is 1.31 bits per heavy atom. The van der Waals surface area contributed by atoms with Crippen molar-refractivity contribution in [2.45, 2.75) is 43.7 Å². The van der Waals surface area contributed by atoms with Crippen molar-refractivity contribution in [2.24, 2.45) is 0 Å². The van der Waals surface area contributed by atoms with Gasteiger partial charge in [0.15, 0.2) is 5.82 Å². The molecule has 0 spiro atoms. The van der Waals surface area contributed by atoms with E-state index >= 15 is 0 Å². The van der Waals surface area contributed by atoms with Gasteiger partial charge in [0.2, 0.25) is 11.8 Å². The van der Waals surface area contributed by atoms with E-state index in [4.69, 9.17) is 4.52 Å². The molecule has 0 unspecified atom stereocenters. The molecule has 5 nitrogen and oxygen atoms in total. The number of carbonyl (C=O) groups excluding carboxylic acids is 1. The predicted octanol–water partition coefficient (Wildman–Crippen LogP) is 3.50. The van der Waals surface area contributed by atoms with Crippen LogP contribution in [-0.4, -0.2) is 34.0 Å². The van der Waals surface area contributed by atoms with Crippen LogP contribution >= 0.6 is 0 Å². The van der Waals surface area contributed by atoms with Gasteiger partial charge in [0.05, 0.1) is 16.9 Å². The highest BCUT2D eigenvalue weighted by atomic mass is 19.4. The second-order valence-corrected chi connectivity index (χ2v) is 7.09. The van der Waals surface area contributed by atoms with Gasteiger partial charge in [-0.1, -0.05) is 29.8 Å². The van der Waals surface area contributed by atoms with Crippen LogP contribution in [0.5, 0.6) is 0 Å². The Hall–Kier alpha value is -2.38. The Kier molecular flexibility index (Phi) is 3.82. The van der Waals surface area contributed by atoms with Gasteiger partial charge in [-0.25, -0.2) is 0 Å². The van der Waals surface area contributed by atoms with Crippen molar-refractivity contribution in [3.63, 3.8) is 0 Å². The summed E-state index contributed by atoms with van der Waals surface area (Å²) in [6.07, 6.45) is -2.10. The number of halogens is 3. The van der Waals surface area contributed by atoms with Crippen molar-refractivity contribution in [3.8, 4) is 0 Å². The Labute approximate surface area is 148 Å². The quantitative estimate of drug-likeness (QED) is 0.835. The van der Waals surface area contributed by atoms with Gasteiger partial charge >= 0.3 is 6.18 Å². The van der Waals surface area contributed by atoms with E-state index in [9.17, 15) is 18.0 Å². The van der Waals surface area contributed by atoms with Gasteiger partial charge in [0.25, 0.3) is 0 Å². The number of alkyl halides is 3. The molecule has 0 N–H and O–H groups in total. The first-order valence-corrected chi connectivity index (χ1v) is 8.57. The van der Waals surface area contributed by atoms with Crippen LogP contribution in [0.15, 0.2) is 28.8 Å². The third-order valence-corrected chi connectivity index (χ3v) is 5.50. The maximum atomic E-state index is 13.1. The number of nitrogens with zero attached hydrogens (tertiary/aromatic N) is 3. The molecule has 1 amide bonds. The number of hydrogen-bond donors (Lipinski definition) is 0. The molecule has 138 valence electrons. The fourth-order valence-electron chi connectivity index (χ4n) is 3.65. The van der Waals surface area contributed by atoms with Crippen LogP contribution < -0.4 is 0 Å². The van der Waals surface area contributed by atoms with Crippen LogP contribution in [0.2, 0.25) is 0 Å². The fourth-order valence-corrected chi connectivity index (χ4v) is 3.65. The van der Waals surface area contributed by atoms with E-state index in [1.54, 1.807) is 11.0 Å². The highest BCUT2D eigenvalue weighted by Crippen LogP contribution is 2.49. The minimum absolute atomic E-state index is 0.000387. The second-order valence-electron chi connectivity index (χ2n) is 7.09. The minimum atomic E-state index is -4.38. The average Bonchev–Trinajstić information content (AvgIpc) is 2.93. The summed E-state index contributed by atoms with van der Waals surface area (Å²) in [7, 11) is 0. The zero-order chi connectivity index (χ0) is 18.5. The van der Waals surface area contributed by atoms with Crippen molar-refractivity contribution in [3.05, 3.63) is 47.1 Å². The van der Waals surface area contributed by atoms with Crippen molar-refractivity contribution in [2.75, 3.05) is 13.1 Å². The standard InChI is InChI=1S/C18H18F3N3O2/c1-11(25)24-9-12(10-24)15-22-16(23-26-15)17(6-3-7-17)13-4-2-5-14(8-13)18(19,20)21/h2,4-5,8,12H,3,6-7,9-10H2,1H3. The normalized spacial score (nSPS) is 19.8. The Balaban J connectivity index is 1.61. The van der Waals surface area contributed by atoms with Crippen molar-refractivity contribution in [1.82, 2.24) is 15.0 Å². The summed E-state index contributed by atoms with van der Waals surface area (Å²) in [6, 6.07) is 5.39. The molecule has 1 saturated carbocycles. The number of hydrogen-bond acceptors (Lipinski definition) is 4. The largest absolute Gasteiger partial charge is 0.416 e. The smallest absolute Gasteiger partial charge is 0.341 e. The first-order valence-electron chi connectivity index (χ1n) is 8.57. The maximum absolute atomic E-state index is 13.1. The van der Waals surface area contributed by atoms with E-state index in [1.807, 2.05) is 0 Å². The van der Waals surface area contributed by atoms with Crippen molar-refractivity contribution < 1.29 is 22.5 Å². The van der Waals surface area contributed by atoms with E-state index < -0.39 is 17.2 Å². The van der Waals surface area contributed by atoms with Gasteiger partial charge in [-0.3, -0.25) is 4.79 Å². The summed E-state index contributed by atoms with van der Waals surface area (Å²) in [5, 5.41) is 4.08. The van der Waals surface area contributed by atoms with Gasteiger partial charge < -0.3 is 9.42 Å². The van der Waals surface area contributed by atoms with Crippen LogP contribution in [0, 0.1) is 0 Å². The van der Waals surface area contributed by atoms with E-state index in [1.165, 1.54) is 19.1 Å². The highest BCUT2D eigenvalue weighted by Gasteiger charge is 2.46. The molecule has 2 aromatic rings. The van der Waals surface area contributed by atoms with Gasteiger partial charge in [0.1, 0.15) is 0 Å². The second kappa shape index (κ2) is 5.82. The number of carbonyl (C=O) groups is 1. The number of aromatic nitrogens is 2. The first-order chi connectivity index (χ1) is 12.3. The number of likely N-dealkylation sites (tertiary alicyclic amines) is 1. The highest BCUT2D eigenvalue weighted by molar-refractivity contribution is 5.74. The summed E-state index contributed by atoms with van der Waals surface area (Å²) in [5.41, 5.74) is -0.710. The summed E-state index contributed by atoms with van der Waals surface area (Å²) in [4.78, 5) is 17.5. The van der Waals surface area contributed by atoms with Crippen LogP contribution in [-0.2, 0) is 16.4 Å². The van der Waals surface area contributed by atoms with E-state index in [0.29, 0.717) is 43.2 Å². The summed E-state index contributed by atoms with van der Waals surface area (Å²) in [5.74, 6) is 0.898. The molecule has 8 heteroatoms. The molecule has 1 aliphatic carbocycles. The fraction of sp³-hybridized carbons (Fsp3) is 0.500. The average molecular weight is 365 g/mol. The lowest BCUT2D eigenvalue weighted by Gasteiger charge is -2.40. The van der Waals surface area contributed by atoms with Gasteiger partial charge in [0, 0.05) is 20.0 Å². The molecule has 1 aromatic heterocycles. The third kappa shape index (κ3) is 2.68. The zero-order valence-electron chi connectivity index (χ0n) is 14.2. The molecule has 1 aliphatic heterocycles. The van der Waals surface area contributed by atoms with E-state index in [0.717, 1.165) is 12.5 Å². The molecule has 0 atom stereocenters. The van der Waals surface area contributed by atoms with Gasteiger partial charge in [-0.15, -0.1) is 0 Å². The molecule has 4 rings (SSSR count). The minimum Gasteiger partial charge on any atom is -0.341 e. The Morgan fingerprint density at radius 3 is 2.62 bits per heavy atom. The lowest BCUT2D eigenvalue weighted by Crippen LogP contribution is -2.47. The van der Waals surface area contributed by atoms with Crippen molar-refractivity contribution >= 4 is 5.91 Å². The molecule has 2 aliphatic rings. The lowest BCUT2D eigenvalue weighted by atomic mass is 9.63. The number of benzene rings is 1. The monoisotopic (exact) mass is 365 g/mol. The lowest BCUT2D eigenvalue weighted by molar-refractivity contribution is -0.137. The van der Waals surface area contributed by atoms with Crippen molar-refractivity contribution in [1.29, 1.82) is 0 Å². The van der Waals surface area contributed by atoms with Crippen LogP contribution in [0.1, 0.15) is 54.9 Å². The summed E-state index contributed by atoms with van der Waals surface area (Å²) < 4.78 is 44.6. The SMILES string of the molecule is CC(=O)N1CC(c2nc(C3(c4cccc(C(F)(F)F)c4)CCC3)no2)C1. The van der Waals surface area contributed by atoms with E-state index in [-0.39, 0.29) is 11.8 Å². The van der Waals surface area contributed by atoms with Gasteiger partial charge in [-0.05, 0) is 24.5 Å². The van der Waals surface area contributed by atoms with E-state index in [2.05, 4.69) is 10.1 Å². The van der Waals surface area contributed by atoms with Crippen LogP contribution in [0.3, 0.4) is 0 Å². The van der Waals surface area contributed by atoms with Crippen LogP contribution in [0.25, 0.3) is 0 Å². The molecule has 2 heterocycles. The predicted molar refractivity (Wildman–Crippen MR) is 85.4 cm³/mol. The third-order valence-electron chi connectivity index (χ3n) is 5.50. The maximum Gasteiger partial charge on any atom is 0.416 e. The molecule has 26 heavy (non-hydrogen) atoms. The van der Waals surface area contributed by atoms with Crippen LogP contribution in [0.4, 0.5) is 13.2 Å². The Morgan fingerprint density at radius 2 is 2.04 bits per heavy atom. The Bertz CT molecular complexity index is 836. The molecule has 0 bridgehead atoms. The number of amides is 1. The molecule has 1 saturated heterocycles. The van der Waals surface area contributed by atoms with Gasteiger partial charge in [-0.2, -0.15) is 18.2 Å². The summed E-state index contributed by atoms with van der Waals surface area (Å²) in [6.45, 7) is 2.58. The first kappa shape index (κ1) is 17.1. The topological polar surface area (TPSA) is 59.2 Å². The zero-order valence-corrected chi connectivity index (χ0v) is 14.2. The summed E-state index contributed by atoms with van der Waals surface area (Å²) >= 11 is 0. The molecular formula is C18H18F3N3O2. The molecule has 0 radical (unpaired) electrons. The molecular weight excluding hydrogens is 347 g/mol. The molecule has 2 fully saturated rings. The number of rotatable bonds is 3. The molecule has 1 aromatic carbocycles.